The highest BCUT2D eigenvalue weighted by Crippen LogP contribution is 2.31. The van der Waals surface area contributed by atoms with E-state index in [2.05, 4.69) is 40.3 Å². The van der Waals surface area contributed by atoms with Crippen molar-refractivity contribution in [3.05, 3.63) is 53.1 Å². The fourth-order valence-electron chi connectivity index (χ4n) is 4.01. The molecule has 1 N–H and O–H groups in total. The minimum absolute atomic E-state index is 0.0973. The smallest absolute Gasteiger partial charge is 0.234 e. The van der Waals surface area contributed by atoms with E-state index >= 15 is 0 Å². The van der Waals surface area contributed by atoms with E-state index in [1.807, 2.05) is 41.0 Å². The SMILES string of the molecule is CCn1c(SCC(=O)Nc2ccc(N3CCCCC3)c(Cl)c2)nnc1-c1ccccc1C. The van der Waals surface area contributed by atoms with Crippen molar-refractivity contribution in [2.24, 2.45) is 0 Å². The molecule has 0 radical (unpaired) electrons. The Morgan fingerprint density at radius 1 is 1.12 bits per heavy atom. The summed E-state index contributed by atoms with van der Waals surface area (Å²) in [6, 6.07) is 13.9. The summed E-state index contributed by atoms with van der Waals surface area (Å²) < 4.78 is 2.05. The molecule has 0 saturated carbocycles. The number of thioether (sulfide) groups is 1. The minimum Gasteiger partial charge on any atom is -0.370 e. The van der Waals surface area contributed by atoms with Crippen molar-refractivity contribution in [1.29, 1.82) is 0 Å². The number of nitrogens with zero attached hydrogens (tertiary/aromatic N) is 4. The lowest BCUT2D eigenvalue weighted by Gasteiger charge is -2.29. The molecular weight excluding hydrogens is 442 g/mol. The molecule has 8 heteroatoms. The highest BCUT2D eigenvalue weighted by atomic mass is 35.5. The number of hydrogen-bond acceptors (Lipinski definition) is 5. The van der Waals surface area contributed by atoms with Crippen molar-refractivity contribution < 1.29 is 4.79 Å². The van der Waals surface area contributed by atoms with E-state index < -0.39 is 0 Å². The Labute approximate surface area is 198 Å². The number of halogens is 1. The molecule has 0 spiro atoms. The molecule has 0 atom stereocenters. The Hall–Kier alpha value is -2.51. The zero-order valence-corrected chi connectivity index (χ0v) is 20.0. The fourth-order valence-corrected chi connectivity index (χ4v) is 5.11. The lowest BCUT2D eigenvalue weighted by Crippen LogP contribution is -2.29. The first-order valence-electron chi connectivity index (χ1n) is 11.0. The number of benzene rings is 2. The normalized spacial score (nSPS) is 13.9. The van der Waals surface area contributed by atoms with Gasteiger partial charge in [0, 0.05) is 30.9 Å². The molecule has 2 aromatic carbocycles. The number of amides is 1. The third-order valence-corrected chi connectivity index (χ3v) is 6.95. The molecule has 4 rings (SSSR count). The van der Waals surface area contributed by atoms with E-state index in [1.54, 1.807) is 0 Å². The van der Waals surface area contributed by atoms with Crippen LogP contribution in [-0.2, 0) is 11.3 Å². The van der Waals surface area contributed by atoms with Crippen LogP contribution in [0.25, 0.3) is 11.4 Å². The van der Waals surface area contributed by atoms with Gasteiger partial charge in [0.25, 0.3) is 0 Å². The number of aromatic nitrogens is 3. The maximum Gasteiger partial charge on any atom is 0.234 e. The van der Waals surface area contributed by atoms with Crippen LogP contribution >= 0.6 is 23.4 Å². The number of piperidine rings is 1. The van der Waals surface area contributed by atoms with Gasteiger partial charge in [-0.2, -0.15) is 0 Å². The maximum atomic E-state index is 12.6. The number of hydrogen-bond donors (Lipinski definition) is 1. The minimum atomic E-state index is -0.0973. The van der Waals surface area contributed by atoms with Gasteiger partial charge >= 0.3 is 0 Å². The van der Waals surface area contributed by atoms with Gasteiger partial charge in [-0.15, -0.1) is 10.2 Å². The zero-order chi connectivity index (χ0) is 22.5. The van der Waals surface area contributed by atoms with Gasteiger partial charge < -0.3 is 14.8 Å². The van der Waals surface area contributed by atoms with Gasteiger partial charge in [0.1, 0.15) is 0 Å². The second-order valence-corrected chi connectivity index (χ2v) is 9.27. The van der Waals surface area contributed by atoms with E-state index in [1.165, 1.54) is 31.0 Å². The van der Waals surface area contributed by atoms with Gasteiger partial charge in [0.15, 0.2) is 11.0 Å². The average Bonchev–Trinajstić information content (AvgIpc) is 3.21. The van der Waals surface area contributed by atoms with Gasteiger partial charge in [-0.25, -0.2) is 0 Å². The lowest BCUT2D eigenvalue weighted by molar-refractivity contribution is -0.113. The van der Waals surface area contributed by atoms with Crippen LogP contribution in [0.2, 0.25) is 5.02 Å². The molecule has 1 aliphatic heterocycles. The summed E-state index contributed by atoms with van der Waals surface area (Å²) in [6.07, 6.45) is 3.66. The molecule has 1 amide bonds. The molecule has 168 valence electrons. The monoisotopic (exact) mass is 469 g/mol. The van der Waals surface area contributed by atoms with Gasteiger partial charge in [-0.3, -0.25) is 4.79 Å². The van der Waals surface area contributed by atoms with Crippen LogP contribution in [0, 0.1) is 6.92 Å². The third kappa shape index (κ3) is 5.10. The Balaban J connectivity index is 1.39. The molecule has 32 heavy (non-hydrogen) atoms. The number of nitrogens with one attached hydrogen (secondary N) is 1. The van der Waals surface area contributed by atoms with Gasteiger partial charge in [0.2, 0.25) is 5.91 Å². The standard InChI is InChI=1S/C24H28ClN5OS/c1-3-30-23(19-10-6-5-9-17(19)2)27-28-24(30)32-16-22(31)26-18-11-12-21(20(25)15-18)29-13-7-4-8-14-29/h5-6,9-12,15H,3-4,7-8,13-14,16H2,1-2H3,(H,26,31). The van der Waals surface area contributed by atoms with E-state index in [0.29, 0.717) is 10.7 Å². The van der Waals surface area contributed by atoms with E-state index in [9.17, 15) is 4.79 Å². The van der Waals surface area contributed by atoms with Crippen molar-refractivity contribution >= 4 is 40.6 Å². The third-order valence-electron chi connectivity index (χ3n) is 5.68. The number of anilines is 2. The summed E-state index contributed by atoms with van der Waals surface area (Å²) in [5.41, 5.74) is 3.95. The zero-order valence-electron chi connectivity index (χ0n) is 18.5. The Bertz CT molecular complexity index is 1090. The Morgan fingerprint density at radius 2 is 1.91 bits per heavy atom. The number of rotatable bonds is 7. The van der Waals surface area contributed by atoms with Crippen LogP contribution in [0.4, 0.5) is 11.4 Å². The summed E-state index contributed by atoms with van der Waals surface area (Å²) in [4.78, 5) is 14.9. The summed E-state index contributed by atoms with van der Waals surface area (Å²) in [7, 11) is 0. The van der Waals surface area contributed by atoms with Crippen molar-refractivity contribution in [2.45, 2.75) is 44.8 Å². The molecule has 0 aliphatic carbocycles. The molecular formula is C24H28ClN5OS. The molecule has 1 saturated heterocycles. The van der Waals surface area contributed by atoms with Crippen LogP contribution in [0.3, 0.4) is 0 Å². The molecule has 1 aromatic heterocycles. The maximum absolute atomic E-state index is 12.6. The number of aryl methyl sites for hydroxylation is 1. The van der Waals surface area contributed by atoms with Gasteiger partial charge in [-0.1, -0.05) is 47.6 Å². The van der Waals surface area contributed by atoms with Crippen LogP contribution in [0.15, 0.2) is 47.6 Å². The first kappa shape index (κ1) is 22.7. The molecule has 1 fully saturated rings. The first-order chi connectivity index (χ1) is 15.6. The van der Waals surface area contributed by atoms with Gasteiger partial charge in [0.05, 0.1) is 16.5 Å². The van der Waals surface area contributed by atoms with Gasteiger partial charge in [-0.05, 0) is 56.9 Å². The Kier molecular flexibility index (Phi) is 7.37. The van der Waals surface area contributed by atoms with Crippen molar-refractivity contribution in [3.63, 3.8) is 0 Å². The topological polar surface area (TPSA) is 63.1 Å². The van der Waals surface area contributed by atoms with E-state index in [-0.39, 0.29) is 11.7 Å². The quantitative estimate of drug-likeness (QED) is 0.453. The lowest BCUT2D eigenvalue weighted by atomic mass is 10.1. The van der Waals surface area contributed by atoms with E-state index in [0.717, 1.165) is 47.4 Å². The summed E-state index contributed by atoms with van der Waals surface area (Å²) in [6.45, 7) is 6.91. The van der Waals surface area contributed by atoms with Crippen molar-refractivity contribution in [3.8, 4) is 11.4 Å². The predicted molar refractivity (Wildman–Crippen MR) is 133 cm³/mol. The molecule has 3 aromatic rings. The largest absolute Gasteiger partial charge is 0.370 e. The average molecular weight is 470 g/mol. The van der Waals surface area contributed by atoms with Crippen LogP contribution in [0.1, 0.15) is 31.7 Å². The highest BCUT2D eigenvalue weighted by molar-refractivity contribution is 7.99. The van der Waals surface area contributed by atoms with Crippen molar-refractivity contribution in [2.75, 3.05) is 29.1 Å². The van der Waals surface area contributed by atoms with Crippen LogP contribution in [0.5, 0.6) is 0 Å². The number of carbonyl (C=O) groups is 1. The summed E-state index contributed by atoms with van der Waals surface area (Å²) in [5.74, 6) is 0.977. The Morgan fingerprint density at radius 3 is 2.62 bits per heavy atom. The highest BCUT2D eigenvalue weighted by Gasteiger charge is 2.17. The number of carbonyl (C=O) groups excluding carboxylic acids is 1. The van der Waals surface area contributed by atoms with Crippen LogP contribution < -0.4 is 10.2 Å². The van der Waals surface area contributed by atoms with Crippen LogP contribution in [-0.4, -0.2) is 39.5 Å². The first-order valence-corrected chi connectivity index (χ1v) is 12.4. The molecule has 2 heterocycles. The second kappa shape index (κ2) is 10.4. The van der Waals surface area contributed by atoms with E-state index in [4.69, 9.17) is 11.6 Å². The summed E-state index contributed by atoms with van der Waals surface area (Å²) >= 11 is 7.90. The molecule has 1 aliphatic rings. The van der Waals surface area contributed by atoms with Crippen molar-refractivity contribution in [1.82, 2.24) is 14.8 Å². The second-order valence-electron chi connectivity index (χ2n) is 7.92. The fraction of sp³-hybridized carbons (Fsp3) is 0.375. The summed E-state index contributed by atoms with van der Waals surface area (Å²) in [5, 5.41) is 13.1. The predicted octanol–water partition coefficient (Wildman–Crippen LogP) is 5.65. The molecule has 6 nitrogen and oxygen atoms in total. The molecule has 0 unspecified atom stereocenters. The molecule has 0 bridgehead atoms.